The minimum absolute atomic E-state index is 0.177. The fourth-order valence-corrected chi connectivity index (χ4v) is 1.74. The van der Waals surface area contributed by atoms with Crippen LogP contribution in [0.4, 0.5) is 0 Å². The van der Waals surface area contributed by atoms with E-state index in [1.165, 1.54) is 6.92 Å². The lowest BCUT2D eigenvalue weighted by Gasteiger charge is -2.14. The molecule has 0 spiro atoms. The van der Waals surface area contributed by atoms with Crippen molar-refractivity contribution in [2.24, 2.45) is 11.0 Å². The zero-order valence-electron chi connectivity index (χ0n) is 7.80. The van der Waals surface area contributed by atoms with Gasteiger partial charge in [-0.2, -0.15) is 0 Å². The van der Waals surface area contributed by atoms with Crippen LogP contribution in [0.15, 0.2) is 5.11 Å². The van der Waals surface area contributed by atoms with E-state index < -0.39 is 0 Å². The highest BCUT2D eigenvalue weighted by atomic mass is 16.5. The van der Waals surface area contributed by atoms with Gasteiger partial charge in [-0.1, -0.05) is 12.0 Å². The third-order valence-corrected chi connectivity index (χ3v) is 2.22. The molecule has 0 bridgehead atoms. The molecule has 0 aromatic carbocycles. The molecule has 0 aromatic rings. The van der Waals surface area contributed by atoms with Gasteiger partial charge >= 0.3 is 5.97 Å². The first-order valence-corrected chi connectivity index (χ1v) is 4.35. The molecule has 0 aromatic heterocycles. The van der Waals surface area contributed by atoms with E-state index in [2.05, 4.69) is 16.9 Å². The molecule has 5 nitrogen and oxygen atoms in total. The predicted octanol–water partition coefficient (Wildman–Crippen LogP) is 2.03. The average molecular weight is 183 g/mol. The van der Waals surface area contributed by atoms with Crippen LogP contribution in [0.25, 0.3) is 10.4 Å². The second-order valence-corrected chi connectivity index (χ2v) is 3.50. The van der Waals surface area contributed by atoms with E-state index in [9.17, 15) is 4.79 Å². The monoisotopic (exact) mass is 183 g/mol. The maximum Gasteiger partial charge on any atom is 0.302 e. The lowest BCUT2D eigenvalue weighted by Crippen LogP contribution is -2.23. The molecule has 1 saturated carbocycles. The molecule has 1 aliphatic rings. The Labute approximate surface area is 76.7 Å². The third kappa shape index (κ3) is 2.63. The van der Waals surface area contributed by atoms with Crippen molar-refractivity contribution in [3.63, 3.8) is 0 Å². The van der Waals surface area contributed by atoms with Gasteiger partial charge in [-0.05, 0) is 24.3 Å². The number of carbonyl (C=O) groups excluding carboxylic acids is 1. The van der Waals surface area contributed by atoms with Crippen LogP contribution in [0.3, 0.4) is 0 Å². The SMILES string of the molecule is CC(=O)O[C@H]1C[C@H](C)C[C@@H]1N=[N+]=[N-]. The van der Waals surface area contributed by atoms with Crippen LogP contribution in [-0.2, 0) is 9.53 Å². The van der Waals surface area contributed by atoms with E-state index in [1.54, 1.807) is 0 Å². The van der Waals surface area contributed by atoms with Gasteiger partial charge in [-0.3, -0.25) is 4.79 Å². The van der Waals surface area contributed by atoms with Crippen molar-refractivity contribution < 1.29 is 9.53 Å². The molecule has 0 aliphatic heterocycles. The number of hydrogen-bond acceptors (Lipinski definition) is 3. The van der Waals surface area contributed by atoms with Crippen LogP contribution in [0.1, 0.15) is 26.7 Å². The molecule has 1 aliphatic carbocycles. The average Bonchev–Trinajstić information content (AvgIpc) is 2.31. The van der Waals surface area contributed by atoms with Crippen LogP contribution < -0.4 is 0 Å². The van der Waals surface area contributed by atoms with Gasteiger partial charge in [0.1, 0.15) is 6.10 Å². The van der Waals surface area contributed by atoms with Crippen molar-refractivity contribution in [1.82, 2.24) is 0 Å². The van der Waals surface area contributed by atoms with Gasteiger partial charge in [-0.15, -0.1) is 0 Å². The first-order chi connectivity index (χ1) is 6.13. The van der Waals surface area contributed by atoms with Crippen molar-refractivity contribution in [1.29, 1.82) is 0 Å². The minimum Gasteiger partial charge on any atom is -0.462 e. The molecule has 0 N–H and O–H groups in total. The number of ether oxygens (including phenoxy) is 1. The molecular formula is C8H13N3O2. The summed E-state index contributed by atoms with van der Waals surface area (Å²) in [7, 11) is 0. The molecule has 0 heterocycles. The summed E-state index contributed by atoms with van der Waals surface area (Å²) in [5, 5.41) is 3.61. The number of esters is 1. The van der Waals surface area contributed by atoms with Gasteiger partial charge in [0.15, 0.2) is 0 Å². The zero-order valence-corrected chi connectivity index (χ0v) is 7.80. The first-order valence-electron chi connectivity index (χ1n) is 4.35. The summed E-state index contributed by atoms with van der Waals surface area (Å²) >= 11 is 0. The fraction of sp³-hybridized carbons (Fsp3) is 0.875. The highest BCUT2D eigenvalue weighted by molar-refractivity contribution is 5.66. The Morgan fingerprint density at radius 2 is 2.31 bits per heavy atom. The molecule has 1 rings (SSSR count). The highest BCUT2D eigenvalue weighted by Gasteiger charge is 2.33. The number of carbonyl (C=O) groups is 1. The predicted molar refractivity (Wildman–Crippen MR) is 46.9 cm³/mol. The quantitative estimate of drug-likeness (QED) is 0.284. The van der Waals surface area contributed by atoms with Crippen LogP contribution in [0.2, 0.25) is 0 Å². The summed E-state index contributed by atoms with van der Waals surface area (Å²) < 4.78 is 5.04. The number of azide groups is 1. The highest BCUT2D eigenvalue weighted by Crippen LogP contribution is 2.30. The minimum atomic E-state index is -0.308. The first kappa shape index (κ1) is 9.86. The Bertz CT molecular complexity index is 248. The second kappa shape index (κ2) is 4.14. The van der Waals surface area contributed by atoms with E-state index in [-0.39, 0.29) is 18.1 Å². The van der Waals surface area contributed by atoms with Gasteiger partial charge in [0.25, 0.3) is 0 Å². The smallest absolute Gasteiger partial charge is 0.302 e. The summed E-state index contributed by atoms with van der Waals surface area (Å²) in [5.41, 5.74) is 8.28. The molecule has 1 fully saturated rings. The molecule has 0 amide bonds. The topological polar surface area (TPSA) is 75.1 Å². The molecule has 0 saturated heterocycles. The van der Waals surface area contributed by atoms with Crippen LogP contribution in [-0.4, -0.2) is 18.1 Å². The maximum atomic E-state index is 10.7. The lowest BCUT2D eigenvalue weighted by molar-refractivity contribution is -0.146. The van der Waals surface area contributed by atoms with E-state index in [1.807, 2.05) is 0 Å². The third-order valence-electron chi connectivity index (χ3n) is 2.22. The molecule has 0 unspecified atom stereocenters. The number of rotatable bonds is 2. The van der Waals surface area contributed by atoms with E-state index in [4.69, 9.17) is 10.3 Å². The standard InChI is InChI=1S/C8H13N3O2/c1-5-3-7(10-11-9)8(4-5)13-6(2)12/h5,7-8H,3-4H2,1-2H3/t5-,7+,8+/m1/s1. The Morgan fingerprint density at radius 1 is 1.62 bits per heavy atom. The van der Waals surface area contributed by atoms with Gasteiger partial charge in [-0.25, -0.2) is 0 Å². The summed E-state index contributed by atoms with van der Waals surface area (Å²) in [4.78, 5) is 13.4. The van der Waals surface area contributed by atoms with Crippen molar-refractivity contribution in [2.45, 2.75) is 38.8 Å². The Hall–Kier alpha value is -1.22. The summed E-state index contributed by atoms with van der Waals surface area (Å²) in [6.07, 6.45) is 1.38. The van der Waals surface area contributed by atoms with Gasteiger partial charge in [0.05, 0.1) is 6.04 Å². The molecular weight excluding hydrogens is 170 g/mol. The van der Waals surface area contributed by atoms with E-state index in [0.717, 1.165) is 12.8 Å². The van der Waals surface area contributed by atoms with Crippen LogP contribution in [0, 0.1) is 5.92 Å². The summed E-state index contributed by atoms with van der Waals surface area (Å²) in [6.45, 7) is 3.43. The van der Waals surface area contributed by atoms with Crippen molar-refractivity contribution in [2.75, 3.05) is 0 Å². The number of nitrogens with zero attached hydrogens (tertiary/aromatic N) is 3. The van der Waals surface area contributed by atoms with Crippen molar-refractivity contribution in [3.05, 3.63) is 10.4 Å². The van der Waals surface area contributed by atoms with E-state index in [0.29, 0.717) is 5.92 Å². The summed E-state index contributed by atoms with van der Waals surface area (Å²) in [6, 6.07) is -0.177. The summed E-state index contributed by atoms with van der Waals surface area (Å²) in [5.74, 6) is 0.150. The maximum absolute atomic E-state index is 10.7. The molecule has 13 heavy (non-hydrogen) atoms. The van der Waals surface area contributed by atoms with E-state index >= 15 is 0 Å². The van der Waals surface area contributed by atoms with Crippen LogP contribution in [0.5, 0.6) is 0 Å². The normalized spacial score (nSPS) is 32.3. The van der Waals surface area contributed by atoms with Crippen LogP contribution >= 0.6 is 0 Å². The zero-order chi connectivity index (χ0) is 9.84. The molecule has 0 radical (unpaired) electrons. The number of hydrogen-bond donors (Lipinski definition) is 0. The Kier molecular flexibility index (Phi) is 3.14. The Morgan fingerprint density at radius 3 is 2.85 bits per heavy atom. The molecule has 5 heteroatoms. The van der Waals surface area contributed by atoms with Crippen molar-refractivity contribution in [3.8, 4) is 0 Å². The molecule has 72 valence electrons. The molecule has 3 atom stereocenters. The lowest BCUT2D eigenvalue weighted by atomic mass is 10.1. The van der Waals surface area contributed by atoms with Gasteiger partial charge in [0, 0.05) is 11.8 Å². The second-order valence-electron chi connectivity index (χ2n) is 3.50. The van der Waals surface area contributed by atoms with Gasteiger partial charge < -0.3 is 4.74 Å². The van der Waals surface area contributed by atoms with Gasteiger partial charge in [0.2, 0.25) is 0 Å². The fourth-order valence-electron chi connectivity index (χ4n) is 1.74. The largest absolute Gasteiger partial charge is 0.462 e. The Balaban J connectivity index is 2.60. The van der Waals surface area contributed by atoms with Crippen molar-refractivity contribution >= 4 is 5.97 Å².